The van der Waals surface area contributed by atoms with Gasteiger partial charge in [0.2, 0.25) is 5.78 Å². The molecule has 130 valence electrons. The first kappa shape index (κ1) is 16.5. The first-order valence-electron chi connectivity index (χ1n) is 7.86. The zero-order valence-electron chi connectivity index (χ0n) is 13.0. The molecule has 0 amide bonds. The van der Waals surface area contributed by atoms with Crippen LogP contribution in [0.2, 0.25) is 5.02 Å². The molecule has 3 saturated carbocycles. The maximum atomic E-state index is 14.8. The topological polar surface area (TPSA) is 37.3 Å². The van der Waals surface area contributed by atoms with E-state index in [9.17, 15) is 23.1 Å². The van der Waals surface area contributed by atoms with Crippen molar-refractivity contribution < 1.29 is 23.1 Å². The van der Waals surface area contributed by atoms with Crippen LogP contribution in [-0.2, 0) is 5.41 Å². The molecular weight excluding hydrogens is 353 g/mol. The van der Waals surface area contributed by atoms with E-state index in [4.69, 9.17) is 11.6 Å². The van der Waals surface area contributed by atoms with Crippen molar-refractivity contribution in [1.82, 2.24) is 0 Å². The van der Waals surface area contributed by atoms with E-state index in [1.165, 1.54) is 18.2 Å². The lowest BCUT2D eigenvalue weighted by Crippen LogP contribution is -2.73. The lowest BCUT2D eigenvalue weighted by molar-refractivity contribution is -0.256. The van der Waals surface area contributed by atoms with Gasteiger partial charge in [-0.3, -0.25) is 4.79 Å². The minimum atomic E-state index is -3.62. The smallest absolute Gasteiger partial charge is 0.315 e. The van der Waals surface area contributed by atoms with Crippen molar-refractivity contribution in [1.29, 1.82) is 0 Å². The van der Waals surface area contributed by atoms with Crippen molar-refractivity contribution >= 4 is 17.4 Å². The zero-order chi connectivity index (χ0) is 18.0. The molecule has 0 radical (unpaired) electrons. The second-order valence-corrected chi connectivity index (χ2v) is 7.60. The summed E-state index contributed by atoms with van der Waals surface area (Å²) in [5, 5.41) is 9.39. The highest BCUT2D eigenvalue weighted by atomic mass is 35.5. The van der Waals surface area contributed by atoms with E-state index < -0.39 is 28.5 Å². The van der Waals surface area contributed by atoms with Crippen LogP contribution in [0.1, 0.15) is 35.2 Å². The van der Waals surface area contributed by atoms with Crippen LogP contribution in [0.4, 0.5) is 13.2 Å². The molecule has 0 spiro atoms. The van der Waals surface area contributed by atoms with Crippen LogP contribution in [0.5, 0.6) is 5.75 Å². The molecule has 2 nitrogen and oxygen atoms in total. The summed E-state index contributed by atoms with van der Waals surface area (Å²) >= 11 is 5.61. The summed E-state index contributed by atoms with van der Waals surface area (Å²) in [7, 11) is 0. The van der Waals surface area contributed by atoms with Gasteiger partial charge in [-0.15, -0.1) is 0 Å². The molecule has 2 aromatic rings. The van der Waals surface area contributed by atoms with E-state index in [0.29, 0.717) is 0 Å². The fourth-order valence-electron chi connectivity index (χ4n) is 4.33. The van der Waals surface area contributed by atoms with Gasteiger partial charge < -0.3 is 5.11 Å². The number of phenolic OH excluding ortho intramolecular Hbond substituents is 1. The SMILES string of the molecule is O=C(c1ccc(Cl)cc1F)C(F)(F)C12CC(c3ccc(O)cc3)(C1)C2. The molecule has 0 atom stereocenters. The van der Waals surface area contributed by atoms with Crippen molar-refractivity contribution in [3.05, 3.63) is 64.4 Å². The molecule has 3 aliphatic carbocycles. The number of rotatable bonds is 4. The summed E-state index contributed by atoms with van der Waals surface area (Å²) in [4.78, 5) is 12.3. The Balaban J connectivity index is 1.57. The normalized spacial score (nSPS) is 27.4. The van der Waals surface area contributed by atoms with Gasteiger partial charge in [0, 0.05) is 10.4 Å². The number of carbonyl (C=O) groups is 1. The Kier molecular flexibility index (Phi) is 3.30. The number of ketones is 1. The van der Waals surface area contributed by atoms with Crippen molar-refractivity contribution in [2.75, 3.05) is 0 Å². The number of aromatic hydroxyl groups is 1. The average Bonchev–Trinajstić information content (AvgIpc) is 2.45. The molecule has 0 unspecified atom stereocenters. The molecule has 0 saturated heterocycles. The lowest BCUT2D eigenvalue weighted by atomic mass is 9.31. The second kappa shape index (κ2) is 5.01. The summed E-state index contributed by atoms with van der Waals surface area (Å²) in [6.45, 7) is 0. The first-order chi connectivity index (χ1) is 11.7. The van der Waals surface area contributed by atoms with Gasteiger partial charge in [0.1, 0.15) is 11.6 Å². The van der Waals surface area contributed by atoms with Crippen LogP contribution in [0.15, 0.2) is 42.5 Å². The Labute approximate surface area is 147 Å². The molecule has 2 bridgehead atoms. The third-order valence-electron chi connectivity index (χ3n) is 5.64. The Morgan fingerprint density at radius 1 is 1.08 bits per heavy atom. The van der Waals surface area contributed by atoms with E-state index >= 15 is 0 Å². The summed E-state index contributed by atoms with van der Waals surface area (Å²) < 4.78 is 43.5. The number of halogens is 4. The molecule has 2 aromatic carbocycles. The van der Waals surface area contributed by atoms with E-state index in [-0.39, 0.29) is 35.4 Å². The fraction of sp³-hybridized carbons (Fsp3) is 0.316. The second-order valence-electron chi connectivity index (χ2n) is 7.17. The number of Topliss-reactive ketones (excluding diaryl/α,β-unsaturated/α-hetero) is 1. The Hall–Kier alpha value is -2.01. The highest BCUT2D eigenvalue weighted by molar-refractivity contribution is 6.30. The fourth-order valence-corrected chi connectivity index (χ4v) is 4.48. The average molecular weight is 367 g/mol. The quantitative estimate of drug-likeness (QED) is 0.762. The van der Waals surface area contributed by atoms with E-state index in [1.54, 1.807) is 12.1 Å². The molecule has 0 aliphatic heterocycles. The number of hydrogen-bond donors (Lipinski definition) is 1. The Bertz CT molecular complexity index is 857. The van der Waals surface area contributed by atoms with Crippen molar-refractivity contribution in [2.24, 2.45) is 5.41 Å². The van der Waals surface area contributed by atoms with Crippen LogP contribution < -0.4 is 0 Å². The minimum Gasteiger partial charge on any atom is -0.508 e. The van der Waals surface area contributed by atoms with Gasteiger partial charge in [-0.2, -0.15) is 8.78 Å². The summed E-state index contributed by atoms with van der Waals surface area (Å²) in [5.41, 5.74) is -1.52. The Morgan fingerprint density at radius 3 is 2.24 bits per heavy atom. The maximum absolute atomic E-state index is 14.8. The van der Waals surface area contributed by atoms with Gasteiger partial charge >= 0.3 is 5.92 Å². The summed E-state index contributed by atoms with van der Waals surface area (Å²) in [6.07, 6.45) is 0.538. The molecule has 0 aromatic heterocycles. The van der Waals surface area contributed by atoms with Crippen molar-refractivity contribution in [3.8, 4) is 5.75 Å². The van der Waals surface area contributed by atoms with Gasteiger partial charge in [-0.25, -0.2) is 4.39 Å². The van der Waals surface area contributed by atoms with Crippen molar-refractivity contribution in [2.45, 2.75) is 30.6 Å². The third kappa shape index (κ3) is 2.15. The predicted molar refractivity (Wildman–Crippen MR) is 86.8 cm³/mol. The van der Waals surface area contributed by atoms with Gasteiger partial charge in [0.15, 0.2) is 0 Å². The summed E-state index contributed by atoms with van der Waals surface area (Å²) in [6, 6.07) is 9.59. The minimum absolute atomic E-state index is 0.0502. The van der Waals surface area contributed by atoms with Gasteiger partial charge in [-0.05, 0) is 60.6 Å². The molecule has 6 heteroatoms. The number of alkyl halides is 2. The molecule has 0 heterocycles. The van der Waals surface area contributed by atoms with Crippen LogP contribution in [-0.4, -0.2) is 16.8 Å². The van der Waals surface area contributed by atoms with Crippen LogP contribution in [0, 0.1) is 11.2 Å². The van der Waals surface area contributed by atoms with E-state index in [0.717, 1.165) is 17.7 Å². The highest BCUT2D eigenvalue weighted by Gasteiger charge is 2.79. The van der Waals surface area contributed by atoms with Crippen LogP contribution >= 0.6 is 11.6 Å². The molecule has 1 N–H and O–H groups in total. The lowest BCUT2D eigenvalue weighted by Gasteiger charge is -2.72. The third-order valence-corrected chi connectivity index (χ3v) is 5.87. The molecule has 3 aliphatic rings. The molecule has 5 rings (SSSR count). The Morgan fingerprint density at radius 2 is 1.68 bits per heavy atom. The predicted octanol–water partition coefficient (Wildman–Crippen LogP) is 5.12. The highest BCUT2D eigenvalue weighted by Crippen LogP contribution is 2.78. The summed E-state index contributed by atoms with van der Waals surface area (Å²) in [5.74, 6) is -6.03. The van der Waals surface area contributed by atoms with Gasteiger partial charge in [-0.1, -0.05) is 23.7 Å². The largest absolute Gasteiger partial charge is 0.508 e. The van der Waals surface area contributed by atoms with E-state index in [1.807, 2.05) is 0 Å². The maximum Gasteiger partial charge on any atom is 0.315 e. The van der Waals surface area contributed by atoms with Crippen LogP contribution in [0.25, 0.3) is 0 Å². The number of benzene rings is 2. The van der Waals surface area contributed by atoms with Gasteiger partial charge in [0.05, 0.1) is 5.56 Å². The molecular formula is C19H14ClF3O2. The van der Waals surface area contributed by atoms with Crippen molar-refractivity contribution in [3.63, 3.8) is 0 Å². The standard InChI is InChI=1S/C19H14ClF3O2/c20-12-3-6-14(15(21)7-12)16(25)19(22,23)18-8-17(9-18,10-18)11-1-4-13(24)5-2-11/h1-7,24H,8-10H2. The molecule has 3 fully saturated rings. The first-order valence-corrected chi connectivity index (χ1v) is 8.24. The molecule has 25 heavy (non-hydrogen) atoms. The number of phenols is 1. The number of carbonyl (C=O) groups excluding carboxylic acids is 1. The van der Waals surface area contributed by atoms with Crippen LogP contribution in [0.3, 0.4) is 0 Å². The van der Waals surface area contributed by atoms with E-state index in [2.05, 4.69) is 0 Å². The monoisotopic (exact) mass is 366 g/mol. The number of hydrogen-bond acceptors (Lipinski definition) is 2. The zero-order valence-corrected chi connectivity index (χ0v) is 13.8. The van der Waals surface area contributed by atoms with Gasteiger partial charge in [0.25, 0.3) is 0 Å².